The molecule has 5 heteroatoms. The van der Waals surface area contributed by atoms with Gasteiger partial charge in [-0.05, 0) is 46.5 Å². The average molecular weight is 346 g/mol. The molecule has 0 atom stereocenters. The predicted molar refractivity (Wildman–Crippen MR) is 89.9 cm³/mol. The number of nitrogens with one attached hydrogen (secondary N) is 3. The fraction of sp³-hybridized carbons (Fsp3) is 0.188. The molecule has 0 bridgehead atoms. The van der Waals surface area contributed by atoms with Gasteiger partial charge >= 0.3 is 5.69 Å². The third-order valence-electron chi connectivity index (χ3n) is 3.40. The maximum atomic E-state index is 11.3. The molecule has 0 aliphatic rings. The Bertz CT molecular complexity index is 792. The first kappa shape index (κ1) is 13.9. The minimum absolute atomic E-state index is 0.182. The van der Waals surface area contributed by atoms with Crippen molar-refractivity contribution in [3.8, 4) is 0 Å². The van der Waals surface area contributed by atoms with Crippen LogP contribution >= 0.6 is 15.9 Å². The number of aromatic amines is 2. The molecule has 3 aromatic rings. The van der Waals surface area contributed by atoms with Gasteiger partial charge in [-0.25, -0.2) is 4.79 Å². The lowest BCUT2D eigenvalue weighted by atomic mass is 10.1. The second-order valence-electron chi connectivity index (χ2n) is 4.97. The molecule has 1 heterocycles. The highest BCUT2D eigenvalue weighted by Crippen LogP contribution is 2.26. The molecule has 0 saturated heterocycles. The van der Waals surface area contributed by atoms with Crippen LogP contribution in [-0.4, -0.2) is 16.5 Å². The number of hydrogen-bond donors (Lipinski definition) is 3. The lowest BCUT2D eigenvalue weighted by Gasteiger charge is -2.09. The quantitative estimate of drug-likeness (QED) is 0.618. The summed E-state index contributed by atoms with van der Waals surface area (Å²) in [6, 6.07) is 14.3. The van der Waals surface area contributed by atoms with Gasteiger partial charge in [0.1, 0.15) is 0 Å². The van der Waals surface area contributed by atoms with Gasteiger partial charge in [-0.1, -0.05) is 30.3 Å². The number of aryl methyl sites for hydroxylation is 1. The fourth-order valence-corrected chi connectivity index (χ4v) is 2.84. The molecule has 0 unspecified atom stereocenters. The molecule has 0 aliphatic carbocycles. The van der Waals surface area contributed by atoms with E-state index < -0.39 is 0 Å². The van der Waals surface area contributed by atoms with Gasteiger partial charge in [-0.15, -0.1) is 0 Å². The van der Waals surface area contributed by atoms with Crippen LogP contribution in [0.1, 0.15) is 12.0 Å². The monoisotopic (exact) mass is 345 g/mol. The highest BCUT2D eigenvalue weighted by atomic mass is 79.9. The SMILES string of the molecule is O=c1[nH]c2cc(Br)c(NCCCc3ccccc3)cc2[nH]1. The van der Waals surface area contributed by atoms with E-state index in [2.05, 4.69) is 55.5 Å². The normalized spacial score (nSPS) is 10.9. The van der Waals surface area contributed by atoms with E-state index in [1.165, 1.54) is 5.56 Å². The van der Waals surface area contributed by atoms with Crippen LogP contribution in [0.2, 0.25) is 0 Å². The summed E-state index contributed by atoms with van der Waals surface area (Å²) in [5.41, 5.74) is 3.78. The van der Waals surface area contributed by atoms with Crippen molar-refractivity contribution >= 4 is 32.7 Å². The first-order valence-corrected chi connectivity index (χ1v) is 7.71. The second kappa shape index (κ2) is 6.18. The maximum Gasteiger partial charge on any atom is 0.323 e. The standard InChI is InChI=1S/C16H16BrN3O/c17-12-9-14-15(20-16(21)19-14)10-13(12)18-8-4-7-11-5-2-1-3-6-11/h1-3,5-6,9-10,18H,4,7-8H2,(H2,19,20,21). The third kappa shape index (κ3) is 3.36. The van der Waals surface area contributed by atoms with Crippen molar-refractivity contribution in [2.75, 3.05) is 11.9 Å². The highest BCUT2D eigenvalue weighted by Gasteiger charge is 2.05. The highest BCUT2D eigenvalue weighted by molar-refractivity contribution is 9.10. The summed E-state index contributed by atoms with van der Waals surface area (Å²) in [6.07, 6.45) is 2.10. The van der Waals surface area contributed by atoms with Crippen molar-refractivity contribution in [1.29, 1.82) is 0 Å². The van der Waals surface area contributed by atoms with E-state index in [-0.39, 0.29) is 5.69 Å². The smallest absolute Gasteiger partial charge is 0.323 e. The van der Waals surface area contributed by atoms with E-state index in [0.29, 0.717) is 0 Å². The van der Waals surface area contributed by atoms with Crippen molar-refractivity contribution in [2.45, 2.75) is 12.8 Å². The molecule has 0 amide bonds. The Balaban J connectivity index is 1.62. The molecule has 0 saturated carbocycles. The summed E-state index contributed by atoms with van der Waals surface area (Å²) in [5.74, 6) is 0. The molecule has 0 fully saturated rings. The second-order valence-corrected chi connectivity index (χ2v) is 5.83. The topological polar surface area (TPSA) is 60.7 Å². The van der Waals surface area contributed by atoms with E-state index in [4.69, 9.17) is 0 Å². The van der Waals surface area contributed by atoms with Crippen LogP contribution < -0.4 is 11.0 Å². The summed E-state index contributed by atoms with van der Waals surface area (Å²) in [4.78, 5) is 16.8. The molecule has 0 radical (unpaired) electrons. The van der Waals surface area contributed by atoms with Gasteiger partial charge < -0.3 is 15.3 Å². The predicted octanol–water partition coefficient (Wildman–Crippen LogP) is 3.66. The molecule has 21 heavy (non-hydrogen) atoms. The zero-order valence-electron chi connectivity index (χ0n) is 11.4. The summed E-state index contributed by atoms with van der Waals surface area (Å²) >= 11 is 3.53. The van der Waals surface area contributed by atoms with Gasteiger partial charge in [-0.2, -0.15) is 0 Å². The molecule has 1 aromatic heterocycles. The Morgan fingerprint density at radius 1 is 1.05 bits per heavy atom. The Morgan fingerprint density at radius 3 is 2.52 bits per heavy atom. The lowest BCUT2D eigenvalue weighted by Crippen LogP contribution is -2.03. The number of aromatic nitrogens is 2. The van der Waals surface area contributed by atoms with Gasteiger partial charge in [0.25, 0.3) is 0 Å². The Morgan fingerprint density at radius 2 is 1.76 bits per heavy atom. The van der Waals surface area contributed by atoms with Gasteiger partial charge in [0.15, 0.2) is 0 Å². The van der Waals surface area contributed by atoms with Crippen molar-refractivity contribution in [3.05, 3.63) is 63.0 Å². The van der Waals surface area contributed by atoms with Crippen molar-refractivity contribution in [2.24, 2.45) is 0 Å². The summed E-state index contributed by atoms with van der Waals surface area (Å²) < 4.78 is 0.949. The summed E-state index contributed by atoms with van der Waals surface area (Å²) in [5, 5.41) is 3.40. The Labute approximate surface area is 130 Å². The number of benzene rings is 2. The molecule has 4 nitrogen and oxygen atoms in total. The zero-order valence-corrected chi connectivity index (χ0v) is 13.0. The van der Waals surface area contributed by atoms with E-state index >= 15 is 0 Å². The van der Waals surface area contributed by atoms with Crippen LogP contribution in [0.5, 0.6) is 0 Å². The Kier molecular flexibility index (Phi) is 4.10. The zero-order chi connectivity index (χ0) is 14.7. The molecule has 2 aromatic carbocycles. The number of hydrogen-bond acceptors (Lipinski definition) is 2. The fourth-order valence-electron chi connectivity index (χ4n) is 2.35. The van der Waals surface area contributed by atoms with Gasteiger partial charge in [0.05, 0.1) is 16.7 Å². The van der Waals surface area contributed by atoms with E-state index in [0.717, 1.165) is 40.6 Å². The maximum absolute atomic E-state index is 11.3. The van der Waals surface area contributed by atoms with Crippen molar-refractivity contribution < 1.29 is 0 Å². The number of anilines is 1. The third-order valence-corrected chi connectivity index (χ3v) is 4.06. The molecular formula is C16H16BrN3O. The molecular weight excluding hydrogens is 330 g/mol. The number of H-pyrrole nitrogens is 2. The van der Waals surface area contributed by atoms with E-state index in [9.17, 15) is 4.79 Å². The number of fused-ring (bicyclic) bond motifs is 1. The van der Waals surface area contributed by atoms with Crippen LogP contribution in [0.3, 0.4) is 0 Å². The minimum atomic E-state index is -0.182. The van der Waals surface area contributed by atoms with Crippen molar-refractivity contribution in [1.82, 2.24) is 9.97 Å². The Hall–Kier alpha value is -2.01. The first-order chi connectivity index (χ1) is 10.2. The van der Waals surface area contributed by atoms with Crippen LogP contribution in [-0.2, 0) is 6.42 Å². The van der Waals surface area contributed by atoms with Gasteiger partial charge in [-0.3, -0.25) is 0 Å². The van der Waals surface area contributed by atoms with Crippen molar-refractivity contribution in [3.63, 3.8) is 0 Å². The van der Waals surface area contributed by atoms with Crippen LogP contribution in [0.15, 0.2) is 51.7 Å². The first-order valence-electron chi connectivity index (χ1n) is 6.92. The largest absolute Gasteiger partial charge is 0.384 e. The number of halogens is 1. The molecule has 108 valence electrons. The summed E-state index contributed by atoms with van der Waals surface area (Å²) in [7, 11) is 0. The van der Waals surface area contributed by atoms with Crippen LogP contribution in [0.25, 0.3) is 11.0 Å². The minimum Gasteiger partial charge on any atom is -0.384 e. The van der Waals surface area contributed by atoms with E-state index in [1.54, 1.807) is 0 Å². The van der Waals surface area contributed by atoms with Gasteiger partial charge in [0, 0.05) is 11.0 Å². The van der Waals surface area contributed by atoms with E-state index in [1.807, 2.05) is 18.2 Å². The van der Waals surface area contributed by atoms with Crippen LogP contribution in [0, 0.1) is 0 Å². The molecule has 3 N–H and O–H groups in total. The number of rotatable bonds is 5. The lowest BCUT2D eigenvalue weighted by molar-refractivity contribution is 0.863. The molecule has 0 aliphatic heterocycles. The molecule has 3 rings (SSSR count). The average Bonchev–Trinajstić information content (AvgIpc) is 2.83. The number of imidazole rings is 1. The van der Waals surface area contributed by atoms with Gasteiger partial charge in [0.2, 0.25) is 0 Å². The molecule has 0 spiro atoms. The van der Waals surface area contributed by atoms with Crippen LogP contribution in [0.4, 0.5) is 5.69 Å². The summed E-state index contributed by atoms with van der Waals surface area (Å²) in [6.45, 7) is 0.883.